The standard InChI is InChI=1S/C18H23N3O3S/c1-14-8-7-11-17(15(14)2)21(25(3,23)24)13-12-19-18(22)20-16-9-5-4-6-10-16/h4-11H,12-13H2,1-3H3,(H2,19,20,22). The number of anilines is 2. The number of sulfonamides is 1. The predicted octanol–water partition coefficient (Wildman–Crippen LogP) is 2.89. The highest BCUT2D eigenvalue weighted by Gasteiger charge is 2.19. The van der Waals surface area contributed by atoms with Crippen molar-refractivity contribution in [3.05, 3.63) is 59.7 Å². The quantitative estimate of drug-likeness (QED) is 0.830. The van der Waals surface area contributed by atoms with Crippen LogP contribution in [-0.2, 0) is 10.0 Å². The highest BCUT2D eigenvalue weighted by Crippen LogP contribution is 2.24. The molecule has 2 rings (SSSR count). The molecule has 2 aromatic rings. The molecule has 2 N–H and O–H groups in total. The van der Waals surface area contributed by atoms with Crippen LogP contribution < -0.4 is 14.9 Å². The zero-order chi connectivity index (χ0) is 18.4. The van der Waals surface area contributed by atoms with Crippen molar-refractivity contribution in [2.45, 2.75) is 13.8 Å². The van der Waals surface area contributed by atoms with Gasteiger partial charge in [-0.15, -0.1) is 0 Å². The van der Waals surface area contributed by atoms with Crippen molar-refractivity contribution in [3.63, 3.8) is 0 Å². The molecule has 7 heteroatoms. The summed E-state index contributed by atoms with van der Waals surface area (Å²) in [6.07, 6.45) is 1.17. The Kier molecular flexibility index (Phi) is 6.03. The van der Waals surface area contributed by atoms with Gasteiger partial charge in [-0.1, -0.05) is 30.3 Å². The molecule has 0 aliphatic rings. The summed E-state index contributed by atoms with van der Waals surface area (Å²) in [4.78, 5) is 11.9. The Bertz CT molecular complexity index is 836. The third-order valence-corrected chi connectivity index (χ3v) is 5.06. The van der Waals surface area contributed by atoms with Crippen LogP contribution >= 0.6 is 0 Å². The number of urea groups is 1. The maximum Gasteiger partial charge on any atom is 0.319 e. The molecular weight excluding hydrogens is 338 g/mol. The van der Waals surface area contributed by atoms with Gasteiger partial charge in [-0.2, -0.15) is 0 Å². The fourth-order valence-electron chi connectivity index (χ4n) is 2.44. The summed E-state index contributed by atoms with van der Waals surface area (Å²) in [6, 6.07) is 14.2. The Balaban J connectivity index is 2.02. The SMILES string of the molecule is Cc1cccc(N(CCNC(=O)Nc2ccccc2)S(C)(=O)=O)c1C. The van der Waals surface area contributed by atoms with E-state index in [0.717, 1.165) is 11.1 Å². The number of nitrogens with zero attached hydrogens (tertiary/aromatic N) is 1. The lowest BCUT2D eigenvalue weighted by atomic mass is 10.1. The van der Waals surface area contributed by atoms with Crippen molar-refractivity contribution in [3.8, 4) is 0 Å². The molecule has 134 valence electrons. The molecule has 0 aliphatic carbocycles. The number of benzene rings is 2. The van der Waals surface area contributed by atoms with Crippen LogP contribution in [0.5, 0.6) is 0 Å². The van der Waals surface area contributed by atoms with Crippen molar-refractivity contribution >= 4 is 27.4 Å². The Morgan fingerprint density at radius 1 is 1.04 bits per heavy atom. The molecule has 0 saturated carbocycles. The molecule has 0 aliphatic heterocycles. The van der Waals surface area contributed by atoms with Crippen molar-refractivity contribution < 1.29 is 13.2 Å². The summed E-state index contributed by atoms with van der Waals surface area (Å²) >= 11 is 0. The molecule has 0 fully saturated rings. The van der Waals surface area contributed by atoms with Crippen molar-refractivity contribution in [1.29, 1.82) is 0 Å². The largest absolute Gasteiger partial charge is 0.336 e. The molecule has 0 radical (unpaired) electrons. The number of hydrogen-bond acceptors (Lipinski definition) is 3. The van der Waals surface area contributed by atoms with Gasteiger partial charge in [0.1, 0.15) is 0 Å². The minimum absolute atomic E-state index is 0.158. The number of aryl methyl sites for hydroxylation is 1. The summed E-state index contributed by atoms with van der Waals surface area (Å²) in [5.74, 6) is 0. The number of nitrogens with one attached hydrogen (secondary N) is 2. The summed E-state index contributed by atoms with van der Waals surface area (Å²) in [5, 5.41) is 5.38. The van der Waals surface area contributed by atoms with Gasteiger partial charge in [-0.05, 0) is 43.2 Å². The van der Waals surface area contributed by atoms with Gasteiger partial charge in [0.15, 0.2) is 0 Å². The van der Waals surface area contributed by atoms with Crippen LogP contribution in [0.3, 0.4) is 0 Å². The molecule has 0 atom stereocenters. The second kappa shape index (κ2) is 8.02. The van der Waals surface area contributed by atoms with E-state index >= 15 is 0 Å². The second-order valence-corrected chi connectivity index (χ2v) is 7.71. The zero-order valence-electron chi connectivity index (χ0n) is 14.6. The maximum absolute atomic E-state index is 12.2. The summed E-state index contributed by atoms with van der Waals surface area (Å²) in [6.45, 7) is 4.17. The van der Waals surface area contributed by atoms with E-state index in [1.165, 1.54) is 10.6 Å². The molecule has 25 heavy (non-hydrogen) atoms. The number of amides is 2. The lowest BCUT2D eigenvalue weighted by molar-refractivity contribution is 0.252. The topological polar surface area (TPSA) is 78.5 Å². The molecule has 0 unspecified atom stereocenters. The first-order chi connectivity index (χ1) is 11.8. The highest BCUT2D eigenvalue weighted by atomic mass is 32.2. The van der Waals surface area contributed by atoms with E-state index in [9.17, 15) is 13.2 Å². The summed E-state index contributed by atoms with van der Waals surface area (Å²) < 4.78 is 25.6. The summed E-state index contributed by atoms with van der Waals surface area (Å²) in [7, 11) is -3.45. The van der Waals surface area contributed by atoms with Gasteiger partial charge in [-0.3, -0.25) is 4.31 Å². The van der Waals surface area contributed by atoms with Gasteiger partial charge in [-0.25, -0.2) is 13.2 Å². The van der Waals surface area contributed by atoms with E-state index in [1.54, 1.807) is 18.2 Å². The third kappa shape index (κ3) is 5.22. The first kappa shape index (κ1) is 18.8. The third-order valence-electron chi connectivity index (χ3n) is 3.88. The Hall–Kier alpha value is -2.54. The van der Waals surface area contributed by atoms with Crippen LogP contribution in [0.25, 0.3) is 0 Å². The van der Waals surface area contributed by atoms with Gasteiger partial charge in [0.05, 0.1) is 18.5 Å². The highest BCUT2D eigenvalue weighted by molar-refractivity contribution is 7.92. The minimum Gasteiger partial charge on any atom is -0.336 e. The number of carbonyl (C=O) groups is 1. The van der Waals surface area contributed by atoms with Crippen molar-refractivity contribution in [2.24, 2.45) is 0 Å². The van der Waals surface area contributed by atoms with Gasteiger partial charge >= 0.3 is 6.03 Å². The van der Waals surface area contributed by atoms with Crippen LogP contribution in [0.4, 0.5) is 16.2 Å². The van der Waals surface area contributed by atoms with Crippen molar-refractivity contribution in [1.82, 2.24) is 5.32 Å². The van der Waals surface area contributed by atoms with Crippen LogP contribution in [-0.4, -0.2) is 33.8 Å². The van der Waals surface area contributed by atoms with E-state index in [-0.39, 0.29) is 19.1 Å². The van der Waals surface area contributed by atoms with Gasteiger partial charge < -0.3 is 10.6 Å². The molecule has 0 bridgehead atoms. The lowest BCUT2D eigenvalue weighted by Crippen LogP contribution is -2.39. The molecule has 0 spiro atoms. The monoisotopic (exact) mass is 361 g/mol. The van der Waals surface area contributed by atoms with E-state index < -0.39 is 10.0 Å². The second-order valence-electron chi connectivity index (χ2n) is 5.80. The molecule has 0 aromatic heterocycles. The molecule has 2 aromatic carbocycles. The van der Waals surface area contributed by atoms with E-state index in [1.807, 2.05) is 44.2 Å². The fourth-order valence-corrected chi connectivity index (χ4v) is 3.42. The summed E-state index contributed by atoms with van der Waals surface area (Å²) in [5.41, 5.74) is 3.23. The normalized spacial score (nSPS) is 11.0. The maximum atomic E-state index is 12.2. The molecule has 0 heterocycles. The Morgan fingerprint density at radius 2 is 1.72 bits per heavy atom. The van der Waals surface area contributed by atoms with Crippen LogP contribution in [0.1, 0.15) is 11.1 Å². The van der Waals surface area contributed by atoms with Crippen LogP contribution in [0.15, 0.2) is 48.5 Å². The lowest BCUT2D eigenvalue weighted by Gasteiger charge is -2.25. The number of rotatable bonds is 6. The zero-order valence-corrected chi connectivity index (χ0v) is 15.4. The van der Waals surface area contributed by atoms with Crippen LogP contribution in [0.2, 0.25) is 0 Å². The number of para-hydroxylation sites is 1. The smallest absolute Gasteiger partial charge is 0.319 e. The first-order valence-electron chi connectivity index (χ1n) is 7.93. The van der Waals surface area contributed by atoms with Crippen LogP contribution in [0, 0.1) is 13.8 Å². The van der Waals surface area contributed by atoms with E-state index in [0.29, 0.717) is 11.4 Å². The predicted molar refractivity (Wildman–Crippen MR) is 102 cm³/mol. The Morgan fingerprint density at radius 3 is 2.36 bits per heavy atom. The number of carbonyl (C=O) groups excluding carboxylic acids is 1. The average molecular weight is 361 g/mol. The average Bonchev–Trinajstić information content (AvgIpc) is 2.54. The molecule has 0 saturated heterocycles. The minimum atomic E-state index is -3.45. The first-order valence-corrected chi connectivity index (χ1v) is 9.77. The molecule has 6 nitrogen and oxygen atoms in total. The van der Waals surface area contributed by atoms with Crippen molar-refractivity contribution in [2.75, 3.05) is 29.0 Å². The number of hydrogen-bond donors (Lipinski definition) is 2. The van der Waals surface area contributed by atoms with Gasteiger partial charge in [0.25, 0.3) is 0 Å². The van der Waals surface area contributed by atoms with E-state index in [4.69, 9.17) is 0 Å². The fraction of sp³-hybridized carbons (Fsp3) is 0.278. The molecule has 2 amide bonds. The molecular formula is C18H23N3O3S. The van der Waals surface area contributed by atoms with E-state index in [2.05, 4.69) is 10.6 Å². The van der Waals surface area contributed by atoms with Gasteiger partial charge in [0, 0.05) is 12.2 Å². The Labute approximate surface area is 148 Å². The van der Waals surface area contributed by atoms with Gasteiger partial charge in [0.2, 0.25) is 10.0 Å².